The first-order valence-electron chi connectivity index (χ1n) is 5.57. The zero-order valence-electron chi connectivity index (χ0n) is 9.21. The van der Waals surface area contributed by atoms with Gasteiger partial charge in [0.25, 0.3) is 0 Å². The summed E-state index contributed by atoms with van der Waals surface area (Å²) in [5.74, 6) is 0.465. The highest BCUT2D eigenvalue weighted by molar-refractivity contribution is 5.82. The Morgan fingerprint density at radius 3 is 2.86 bits per heavy atom. The Morgan fingerprint density at radius 2 is 2.21 bits per heavy atom. The molecule has 3 heteroatoms. The van der Waals surface area contributed by atoms with E-state index in [1.165, 1.54) is 6.42 Å². The van der Waals surface area contributed by atoms with E-state index < -0.39 is 0 Å². The van der Waals surface area contributed by atoms with Crippen molar-refractivity contribution < 1.29 is 9.53 Å². The molecule has 0 amide bonds. The predicted octanol–water partition coefficient (Wildman–Crippen LogP) is 1.37. The number of likely N-dealkylation sites (N-methyl/N-ethyl adjacent to an activating group) is 1. The molecule has 1 fully saturated rings. The lowest BCUT2D eigenvalue weighted by atomic mass is 9.95. The van der Waals surface area contributed by atoms with E-state index in [1.807, 2.05) is 7.05 Å². The van der Waals surface area contributed by atoms with Crippen LogP contribution in [0.4, 0.5) is 0 Å². The van der Waals surface area contributed by atoms with Crippen LogP contribution < -0.4 is 5.32 Å². The maximum atomic E-state index is 11.8. The molecule has 1 N–H and O–H groups in total. The zero-order chi connectivity index (χ0) is 10.4. The Balaban J connectivity index is 2.28. The van der Waals surface area contributed by atoms with Crippen molar-refractivity contribution in [2.75, 3.05) is 20.3 Å². The average Bonchev–Trinajstić information content (AvgIpc) is 2.65. The Labute approximate surface area is 86.2 Å². The molecule has 0 aromatic rings. The van der Waals surface area contributed by atoms with Crippen molar-refractivity contribution in [2.45, 2.75) is 38.6 Å². The molecule has 0 radical (unpaired) electrons. The topological polar surface area (TPSA) is 38.3 Å². The summed E-state index contributed by atoms with van der Waals surface area (Å²) in [6, 6.07) is 0.240. The van der Waals surface area contributed by atoms with Crippen LogP contribution in [-0.4, -0.2) is 32.1 Å². The molecule has 1 saturated heterocycles. The van der Waals surface area contributed by atoms with Crippen LogP contribution in [0.2, 0.25) is 0 Å². The van der Waals surface area contributed by atoms with Crippen LogP contribution in [-0.2, 0) is 9.53 Å². The summed E-state index contributed by atoms with van der Waals surface area (Å²) in [7, 11) is 1.89. The minimum absolute atomic E-state index is 0.0943. The van der Waals surface area contributed by atoms with Crippen LogP contribution in [0.5, 0.6) is 0 Å². The molecule has 82 valence electrons. The number of nitrogens with one attached hydrogen (secondary N) is 1. The molecule has 0 aromatic carbocycles. The van der Waals surface area contributed by atoms with Crippen LogP contribution in [0.1, 0.15) is 32.6 Å². The van der Waals surface area contributed by atoms with Gasteiger partial charge in [0, 0.05) is 12.5 Å². The van der Waals surface area contributed by atoms with Crippen molar-refractivity contribution >= 4 is 5.78 Å². The summed E-state index contributed by atoms with van der Waals surface area (Å²) in [5, 5.41) is 3.14. The number of ketones is 1. The van der Waals surface area contributed by atoms with Gasteiger partial charge in [-0.25, -0.2) is 0 Å². The van der Waals surface area contributed by atoms with Gasteiger partial charge < -0.3 is 10.1 Å². The van der Waals surface area contributed by atoms with Crippen LogP contribution in [0, 0.1) is 5.92 Å². The number of carbonyl (C=O) groups excluding carboxylic acids is 1. The molecule has 0 bridgehead atoms. The second-order valence-electron chi connectivity index (χ2n) is 3.96. The summed E-state index contributed by atoms with van der Waals surface area (Å²) < 4.78 is 5.30. The highest BCUT2D eigenvalue weighted by Gasteiger charge is 2.31. The molecular weight excluding hydrogens is 178 g/mol. The van der Waals surface area contributed by atoms with Gasteiger partial charge in [0.1, 0.15) is 5.78 Å². The fourth-order valence-corrected chi connectivity index (χ4v) is 1.89. The first-order valence-corrected chi connectivity index (χ1v) is 5.57. The van der Waals surface area contributed by atoms with E-state index in [0.29, 0.717) is 19.0 Å². The molecule has 3 nitrogen and oxygen atoms in total. The summed E-state index contributed by atoms with van der Waals surface area (Å²) in [6.45, 7) is 3.44. The van der Waals surface area contributed by atoms with Crippen LogP contribution >= 0.6 is 0 Å². The third-order valence-electron chi connectivity index (χ3n) is 2.89. The lowest BCUT2D eigenvalue weighted by molar-refractivity contribution is -0.123. The summed E-state index contributed by atoms with van der Waals surface area (Å²) in [4.78, 5) is 11.8. The first kappa shape index (κ1) is 11.7. The van der Waals surface area contributed by atoms with E-state index in [-0.39, 0.29) is 12.0 Å². The van der Waals surface area contributed by atoms with Crippen LogP contribution in [0.25, 0.3) is 0 Å². The van der Waals surface area contributed by atoms with Gasteiger partial charge in [-0.3, -0.25) is 4.79 Å². The van der Waals surface area contributed by atoms with E-state index in [2.05, 4.69) is 12.2 Å². The second-order valence-corrected chi connectivity index (χ2v) is 3.96. The van der Waals surface area contributed by atoms with Gasteiger partial charge in [0.15, 0.2) is 0 Å². The minimum Gasteiger partial charge on any atom is -0.379 e. The number of Topliss-reactive ketones (excluding diaryl/α,β-unsaturated/α-hetero) is 1. The minimum atomic E-state index is 0.0943. The third kappa shape index (κ3) is 3.07. The van der Waals surface area contributed by atoms with Gasteiger partial charge in [-0.2, -0.15) is 0 Å². The van der Waals surface area contributed by atoms with Crippen molar-refractivity contribution in [3.05, 3.63) is 0 Å². The molecule has 14 heavy (non-hydrogen) atoms. The largest absolute Gasteiger partial charge is 0.379 e. The molecule has 0 aliphatic carbocycles. The molecule has 0 spiro atoms. The summed E-state index contributed by atoms with van der Waals surface area (Å²) in [6.07, 6.45) is 4.08. The lowest BCUT2D eigenvalue weighted by Gasteiger charge is -2.15. The van der Waals surface area contributed by atoms with Crippen LogP contribution in [0.3, 0.4) is 0 Å². The molecule has 2 atom stereocenters. The Bertz CT molecular complexity index is 182. The number of carbonyl (C=O) groups is 1. The number of ether oxygens (including phenoxy) is 1. The fourth-order valence-electron chi connectivity index (χ4n) is 1.89. The molecule has 2 unspecified atom stereocenters. The van der Waals surface area contributed by atoms with E-state index in [4.69, 9.17) is 4.74 Å². The van der Waals surface area contributed by atoms with Gasteiger partial charge in [-0.15, -0.1) is 0 Å². The molecule has 1 rings (SSSR count). The van der Waals surface area contributed by atoms with Gasteiger partial charge in [0.2, 0.25) is 0 Å². The summed E-state index contributed by atoms with van der Waals surface area (Å²) in [5.41, 5.74) is 0. The van der Waals surface area contributed by atoms with Crippen molar-refractivity contribution in [3.8, 4) is 0 Å². The fraction of sp³-hybridized carbons (Fsp3) is 0.909. The Morgan fingerprint density at radius 1 is 1.43 bits per heavy atom. The number of hydrogen-bond acceptors (Lipinski definition) is 3. The van der Waals surface area contributed by atoms with Gasteiger partial charge in [0.05, 0.1) is 19.1 Å². The maximum Gasteiger partial charge on any atom is 0.139 e. The SMILES string of the molecule is CCCCCC(=O)C1COCC1NC. The normalized spacial score (nSPS) is 26.7. The van der Waals surface area contributed by atoms with Crippen molar-refractivity contribution in [3.63, 3.8) is 0 Å². The number of unbranched alkanes of at least 4 members (excludes halogenated alkanes) is 2. The Kier molecular flexibility index (Phi) is 5.12. The highest BCUT2D eigenvalue weighted by Crippen LogP contribution is 2.17. The van der Waals surface area contributed by atoms with Crippen LogP contribution in [0.15, 0.2) is 0 Å². The van der Waals surface area contributed by atoms with Gasteiger partial charge >= 0.3 is 0 Å². The number of rotatable bonds is 6. The van der Waals surface area contributed by atoms with Gasteiger partial charge in [-0.1, -0.05) is 19.8 Å². The first-order chi connectivity index (χ1) is 6.79. The quantitative estimate of drug-likeness (QED) is 0.657. The Hall–Kier alpha value is -0.410. The zero-order valence-corrected chi connectivity index (χ0v) is 9.21. The van der Waals surface area contributed by atoms with E-state index >= 15 is 0 Å². The van der Waals surface area contributed by atoms with E-state index in [1.54, 1.807) is 0 Å². The van der Waals surface area contributed by atoms with Gasteiger partial charge in [-0.05, 0) is 13.5 Å². The highest BCUT2D eigenvalue weighted by atomic mass is 16.5. The molecule has 1 heterocycles. The third-order valence-corrected chi connectivity index (χ3v) is 2.89. The molecular formula is C11H21NO2. The molecule has 1 aliphatic rings. The monoisotopic (exact) mass is 199 g/mol. The van der Waals surface area contributed by atoms with E-state index in [9.17, 15) is 4.79 Å². The molecule has 1 aliphatic heterocycles. The number of hydrogen-bond donors (Lipinski definition) is 1. The predicted molar refractivity (Wildman–Crippen MR) is 56.3 cm³/mol. The summed E-state index contributed by atoms with van der Waals surface area (Å²) >= 11 is 0. The standard InChI is InChI=1S/C11H21NO2/c1-3-4-5-6-11(13)9-7-14-8-10(9)12-2/h9-10,12H,3-8H2,1-2H3. The van der Waals surface area contributed by atoms with Crippen molar-refractivity contribution in [1.29, 1.82) is 0 Å². The second kappa shape index (κ2) is 6.14. The van der Waals surface area contributed by atoms with E-state index in [0.717, 1.165) is 19.3 Å². The maximum absolute atomic E-state index is 11.8. The smallest absolute Gasteiger partial charge is 0.139 e. The lowest BCUT2D eigenvalue weighted by Crippen LogP contribution is -2.36. The molecule has 0 saturated carbocycles. The average molecular weight is 199 g/mol. The van der Waals surface area contributed by atoms with Crippen molar-refractivity contribution in [2.24, 2.45) is 5.92 Å². The molecule has 0 aromatic heterocycles. The van der Waals surface area contributed by atoms with Crippen molar-refractivity contribution in [1.82, 2.24) is 5.32 Å².